The Morgan fingerprint density at radius 1 is 0.857 bits per heavy atom. The summed E-state index contributed by atoms with van der Waals surface area (Å²) in [6, 6.07) is 14.0. The molecule has 0 fully saturated rings. The molecule has 0 heterocycles. The van der Waals surface area contributed by atoms with Crippen molar-refractivity contribution in [3.05, 3.63) is 87.6 Å². The molecule has 0 unspecified atom stereocenters. The first kappa shape index (κ1) is 19.1. The Balaban J connectivity index is 1.65. The SMILES string of the molecule is Cc1cc2c(cc1Cc1ccc(C3=C(N)CCC3)cc1)C(C)(C)C=CC2(C)C. The molecule has 2 aliphatic rings. The molecular formula is C27H33N. The molecule has 0 saturated heterocycles. The fourth-order valence-electron chi connectivity index (χ4n) is 4.75. The molecule has 0 amide bonds. The van der Waals surface area contributed by atoms with Crippen molar-refractivity contribution in [3.63, 3.8) is 0 Å². The number of fused-ring (bicyclic) bond motifs is 1. The minimum absolute atomic E-state index is 0.0869. The van der Waals surface area contributed by atoms with Gasteiger partial charge in [0.2, 0.25) is 0 Å². The van der Waals surface area contributed by atoms with Gasteiger partial charge in [0.15, 0.2) is 0 Å². The molecule has 2 N–H and O–H groups in total. The Labute approximate surface area is 170 Å². The topological polar surface area (TPSA) is 26.0 Å². The van der Waals surface area contributed by atoms with E-state index in [4.69, 9.17) is 5.73 Å². The lowest BCUT2D eigenvalue weighted by Gasteiger charge is -2.37. The van der Waals surface area contributed by atoms with Crippen molar-refractivity contribution in [2.75, 3.05) is 0 Å². The second kappa shape index (κ2) is 6.65. The Kier molecular flexibility index (Phi) is 4.53. The molecular weight excluding hydrogens is 338 g/mol. The van der Waals surface area contributed by atoms with E-state index in [1.807, 2.05) is 0 Å². The summed E-state index contributed by atoms with van der Waals surface area (Å²) in [7, 11) is 0. The third-order valence-corrected chi connectivity index (χ3v) is 6.74. The van der Waals surface area contributed by atoms with E-state index in [2.05, 4.69) is 83.2 Å². The highest BCUT2D eigenvalue weighted by atomic mass is 14.6. The predicted octanol–water partition coefficient (Wildman–Crippen LogP) is 6.56. The Morgan fingerprint density at radius 3 is 2.04 bits per heavy atom. The first-order valence-electron chi connectivity index (χ1n) is 10.6. The lowest BCUT2D eigenvalue weighted by molar-refractivity contribution is 0.562. The molecule has 0 radical (unpaired) electrons. The molecule has 0 spiro atoms. The molecule has 146 valence electrons. The van der Waals surface area contributed by atoms with Crippen LogP contribution in [0.25, 0.3) is 5.57 Å². The van der Waals surface area contributed by atoms with Gasteiger partial charge in [0.05, 0.1) is 0 Å². The summed E-state index contributed by atoms with van der Waals surface area (Å²) < 4.78 is 0. The quantitative estimate of drug-likeness (QED) is 0.607. The zero-order valence-electron chi connectivity index (χ0n) is 18.0. The molecule has 0 bridgehead atoms. The lowest BCUT2D eigenvalue weighted by atomic mass is 9.67. The third-order valence-electron chi connectivity index (χ3n) is 6.74. The van der Waals surface area contributed by atoms with Gasteiger partial charge in [-0.2, -0.15) is 0 Å². The summed E-state index contributed by atoms with van der Waals surface area (Å²) in [5.41, 5.74) is 17.2. The number of rotatable bonds is 3. The minimum atomic E-state index is 0.0869. The molecule has 0 atom stereocenters. The maximum atomic E-state index is 6.18. The fourth-order valence-corrected chi connectivity index (χ4v) is 4.75. The molecule has 1 heteroatoms. The largest absolute Gasteiger partial charge is 0.402 e. The van der Waals surface area contributed by atoms with E-state index in [1.54, 1.807) is 0 Å². The van der Waals surface area contributed by atoms with Crippen molar-refractivity contribution in [3.8, 4) is 0 Å². The Hall–Kier alpha value is -2.28. The first-order chi connectivity index (χ1) is 13.2. The smallest absolute Gasteiger partial charge is 0.0119 e. The second-order valence-electron chi connectivity index (χ2n) is 9.83. The van der Waals surface area contributed by atoms with E-state index in [-0.39, 0.29) is 10.8 Å². The van der Waals surface area contributed by atoms with Gasteiger partial charge in [-0.15, -0.1) is 0 Å². The highest BCUT2D eigenvalue weighted by Crippen LogP contribution is 2.42. The van der Waals surface area contributed by atoms with E-state index < -0.39 is 0 Å². The molecule has 0 aliphatic heterocycles. The number of hydrogen-bond acceptors (Lipinski definition) is 1. The maximum absolute atomic E-state index is 6.18. The summed E-state index contributed by atoms with van der Waals surface area (Å²) >= 11 is 0. The van der Waals surface area contributed by atoms with E-state index in [1.165, 1.54) is 45.4 Å². The highest BCUT2D eigenvalue weighted by molar-refractivity contribution is 5.70. The monoisotopic (exact) mass is 371 g/mol. The number of aryl methyl sites for hydroxylation is 1. The van der Waals surface area contributed by atoms with Gasteiger partial charge in [-0.3, -0.25) is 0 Å². The molecule has 28 heavy (non-hydrogen) atoms. The summed E-state index contributed by atoms with van der Waals surface area (Å²) in [6.45, 7) is 11.5. The van der Waals surface area contributed by atoms with Crippen LogP contribution in [-0.2, 0) is 17.3 Å². The van der Waals surface area contributed by atoms with Gasteiger partial charge in [-0.1, -0.05) is 76.2 Å². The fraction of sp³-hybridized carbons (Fsp3) is 0.407. The van der Waals surface area contributed by atoms with Crippen LogP contribution in [0, 0.1) is 6.92 Å². The van der Waals surface area contributed by atoms with Gasteiger partial charge in [-0.05, 0) is 71.6 Å². The number of allylic oxidation sites excluding steroid dienone is 4. The average Bonchev–Trinajstić information content (AvgIpc) is 3.07. The van der Waals surface area contributed by atoms with Gasteiger partial charge in [-0.25, -0.2) is 0 Å². The molecule has 2 aromatic rings. The van der Waals surface area contributed by atoms with Crippen molar-refractivity contribution < 1.29 is 0 Å². The van der Waals surface area contributed by atoms with Crippen molar-refractivity contribution in [2.24, 2.45) is 5.73 Å². The van der Waals surface area contributed by atoms with Crippen LogP contribution in [0.4, 0.5) is 0 Å². The summed E-state index contributed by atoms with van der Waals surface area (Å²) in [5.74, 6) is 0. The Bertz CT molecular complexity index is 968. The van der Waals surface area contributed by atoms with Gasteiger partial charge in [0.25, 0.3) is 0 Å². The number of hydrogen-bond donors (Lipinski definition) is 1. The van der Waals surface area contributed by atoms with Crippen molar-refractivity contribution in [1.82, 2.24) is 0 Å². The summed E-state index contributed by atoms with van der Waals surface area (Å²) in [5, 5.41) is 0. The molecule has 0 saturated carbocycles. The average molecular weight is 372 g/mol. The number of nitrogens with two attached hydrogens (primary N) is 1. The van der Waals surface area contributed by atoms with Gasteiger partial charge < -0.3 is 5.73 Å². The maximum Gasteiger partial charge on any atom is 0.0119 e. The van der Waals surface area contributed by atoms with Gasteiger partial charge in [0.1, 0.15) is 0 Å². The van der Waals surface area contributed by atoms with Crippen molar-refractivity contribution >= 4 is 5.57 Å². The van der Waals surface area contributed by atoms with Gasteiger partial charge in [0, 0.05) is 16.5 Å². The van der Waals surface area contributed by atoms with Crippen LogP contribution in [-0.4, -0.2) is 0 Å². The number of benzene rings is 2. The third kappa shape index (κ3) is 3.32. The lowest BCUT2D eigenvalue weighted by Crippen LogP contribution is -2.29. The minimum Gasteiger partial charge on any atom is -0.402 e. The van der Waals surface area contributed by atoms with E-state index >= 15 is 0 Å². The van der Waals surface area contributed by atoms with Crippen molar-refractivity contribution in [1.29, 1.82) is 0 Å². The van der Waals surface area contributed by atoms with Crippen LogP contribution in [0.3, 0.4) is 0 Å². The summed E-state index contributed by atoms with van der Waals surface area (Å²) in [6.07, 6.45) is 9.09. The molecule has 2 aromatic carbocycles. The van der Waals surface area contributed by atoms with Crippen LogP contribution in [0.15, 0.2) is 54.2 Å². The Morgan fingerprint density at radius 2 is 1.46 bits per heavy atom. The summed E-state index contributed by atoms with van der Waals surface area (Å²) in [4.78, 5) is 0. The van der Waals surface area contributed by atoms with Crippen molar-refractivity contribution in [2.45, 2.75) is 71.1 Å². The molecule has 0 aromatic heterocycles. The van der Waals surface area contributed by atoms with Crippen LogP contribution < -0.4 is 5.73 Å². The van der Waals surface area contributed by atoms with Crippen LogP contribution >= 0.6 is 0 Å². The molecule has 4 rings (SSSR count). The van der Waals surface area contributed by atoms with Crippen LogP contribution in [0.1, 0.15) is 80.3 Å². The zero-order chi connectivity index (χ0) is 20.1. The normalized spacial score (nSPS) is 19.8. The predicted molar refractivity (Wildman–Crippen MR) is 121 cm³/mol. The zero-order valence-corrected chi connectivity index (χ0v) is 18.0. The van der Waals surface area contributed by atoms with E-state index in [0.717, 1.165) is 25.0 Å². The van der Waals surface area contributed by atoms with E-state index in [0.29, 0.717) is 0 Å². The van der Waals surface area contributed by atoms with Gasteiger partial charge >= 0.3 is 0 Å². The van der Waals surface area contributed by atoms with E-state index in [9.17, 15) is 0 Å². The van der Waals surface area contributed by atoms with Crippen LogP contribution in [0.2, 0.25) is 0 Å². The standard InChI is InChI=1S/C27H33N/c1-18-15-23-24(27(4,5)14-13-26(23,2)3)17-21(18)16-19-9-11-20(12-10-19)22-7-6-8-25(22)28/h9-15,17H,6-8,16,28H2,1-5H3. The molecule has 2 aliphatic carbocycles. The first-order valence-corrected chi connectivity index (χ1v) is 10.6. The molecule has 1 nitrogen and oxygen atoms in total. The second-order valence-corrected chi connectivity index (χ2v) is 9.83. The van der Waals surface area contributed by atoms with Crippen LogP contribution in [0.5, 0.6) is 0 Å². The highest BCUT2D eigenvalue weighted by Gasteiger charge is 2.33.